The van der Waals surface area contributed by atoms with Gasteiger partial charge in [0, 0.05) is 10.9 Å². The van der Waals surface area contributed by atoms with E-state index in [2.05, 4.69) is 4.98 Å². The van der Waals surface area contributed by atoms with Gasteiger partial charge in [-0.2, -0.15) is 0 Å². The number of nitrogen functional groups attached to an aromatic ring is 1. The van der Waals surface area contributed by atoms with E-state index in [0.717, 1.165) is 11.3 Å². The molecular weight excluding hydrogens is 300 g/mol. The van der Waals surface area contributed by atoms with Crippen molar-refractivity contribution in [3.05, 3.63) is 35.0 Å². The minimum absolute atomic E-state index is 0.0942. The Kier molecular flexibility index (Phi) is 3.09. The predicted molar refractivity (Wildman–Crippen MR) is 75.2 cm³/mol. The molecule has 8 heteroatoms. The van der Waals surface area contributed by atoms with Crippen LogP contribution in [-0.2, 0) is 0 Å². The molecule has 0 aromatic carbocycles. The molecule has 3 heterocycles. The summed E-state index contributed by atoms with van der Waals surface area (Å²) in [5, 5.41) is 0.396. The van der Waals surface area contributed by atoms with Crippen molar-refractivity contribution in [2.75, 3.05) is 5.73 Å². The minimum Gasteiger partial charge on any atom is -0.464 e. The minimum atomic E-state index is -2.75. The van der Waals surface area contributed by atoms with E-state index in [-0.39, 0.29) is 15.4 Å². The van der Waals surface area contributed by atoms with Gasteiger partial charge in [-0.25, -0.2) is 13.8 Å². The van der Waals surface area contributed by atoms with Gasteiger partial charge in [0.2, 0.25) is 0 Å². The largest absolute Gasteiger partial charge is 0.464 e. The summed E-state index contributed by atoms with van der Waals surface area (Å²) in [5.41, 5.74) is 11.2. The Labute approximate surface area is 121 Å². The molecule has 5 nitrogen and oxygen atoms in total. The quantitative estimate of drug-likeness (QED) is 0.776. The van der Waals surface area contributed by atoms with E-state index >= 15 is 0 Å². The summed E-state index contributed by atoms with van der Waals surface area (Å²) in [6, 6.07) is 4.45. The maximum absolute atomic E-state index is 13.0. The third-order valence-electron chi connectivity index (χ3n) is 2.95. The first kappa shape index (κ1) is 13.5. The van der Waals surface area contributed by atoms with Crippen molar-refractivity contribution in [1.82, 2.24) is 4.98 Å². The number of nitrogens with zero attached hydrogens (tertiary/aromatic N) is 1. The highest BCUT2D eigenvalue weighted by molar-refractivity contribution is 7.21. The van der Waals surface area contributed by atoms with Crippen LogP contribution in [0.15, 0.2) is 28.9 Å². The van der Waals surface area contributed by atoms with Crippen LogP contribution < -0.4 is 11.5 Å². The van der Waals surface area contributed by atoms with Crippen molar-refractivity contribution >= 4 is 33.1 Å². The van der Waals surface area contributed by atoms with Crippen molar-refractivity contribution < 1.29 is 18.0 Å². The molecule has 21 heavy (non-hydrogen) atoms. The van der Waals surface area contributed by atoms with Crippen molar-refractivity contribution in [2.45, 2.75) is 6.43 Å². The lowest BCUT2D eigenvalue weighted by atomic mass is 10.1. The summed E-state index contributed by atoms with van der Waals surface area (Å²) in [6.07, 6.45) is -1.33. The lowest BCUT2D eigenvalue weighted by molar-refractivity contribution is 0.100. The van der Waals surface area contributed by atoms with E-state index in [1.54, 1.807) is 12.1 Å². The second-order valence-corrected chi connectivity index (χ2v) is 5.26. The topological polar surface area (TPSA) is 95.1 Å². The maximum Gasteiger partial charge on any atom is 0.280 e. The molecule has 3 aromatic heterocycles. The molecule has 0 aliphatic rings. The summed E-state index contributed by atoms with van der Waals surface area (Å²) in [7, 11) is 0. The number of thiophene rings is 1. The Bertz CT molecular complexity index is 828. The van der Waals surface area contributed by atoms with Crippen LogP contribution in [0.25, 0.3) is 21.5 Å². The van der Waals surface area contributed by atoms with Gasteiger partial charge in [0.1, 0.15) is 21.2 Å². The molecule has 0 bridgehead atoms. The number of primary amides is 1. The number of nitrogens with two attached hydrogens (primary N) is 2. The fourth-order valence-corrected chi connectivity index (χ4v) is 3.04. The Balaban J connectivity index is 2.40. The highest BCUT2D eigenvalue weighted by Crippen LogP contribution is 2.40. The van der Waals surface area contributed by atoms with Crippen LogP contribution in [0.3, 0.4) is 0 Å². The van der Waals surface area contributed by atoms with Gasteiger partial charge in [-0.3, -0.25) is 4.79 Å². The fourth-order valence-electron chi connectivity index (χ4n) is 2.06. The van der Waals surface area contributed by atoms with Gasteiger partial charge in [0.05, 0.1) is 12.0 Å². The summed E-state index contributed by atoms with van der Waals surface area (Å²) >= 11 is 0.889. The van der Waals surface area contributed by atoms with Gasteiger partial charge in [-0.1, -0.05) is 0 Å². The highest BCUT2D eigenvalue weighted by Gasteiger charge is 2.22. The number of aromatic nitrogens is 1. The highest BCUT2D eigenvalue weighted by atomic mass is 32.1. The lowest BCUT2D eigenvalue weighted by Gasteiger charge is -2.05. The van der Waals surface area contributed by atoms with E-state index in [1.807, 2.05) is 0 Å². The van der Waals surface area contributed by atoms with Gasteiger partial charge >= 0.3 is 0 Å². The first-order valence-corrected chi connectivity index (χ1v) is 6.65. The number of amides is 1. The molecule has 0 atom stereocenters. The van der Waals surface area contributed by atoms with Crippen LogP contribution >= 0.6 is 11.3 Å². The predicted octanol–water partition coefficient (Wildman–Crippen LogP) is 3.18. The van der Waals surface area contributed by atoms with Crippen LogP contribution in [-0.4, -0.2) is 10.9 Å². The summed E-state index contributed by atoms with van der Waals surface area (Å²) in [5.74, 6) is -0.357. The summed E-state index contributed by atoms with van der Waals surface area (Å²) in [6.45, 7) is 0. The third kappa shape index (κ3) is 2.13. The van der Waals surface area contributed by atoms with Crippen LogP contribution in [0.5, 0.6) is 0 Å². The smallest absolute Gasteiger partial charge is 0.280 e. The second-order valence-electron chi connectivity index (χ2n) is 4.26. The number of furan rings is 1. The van der Waals surface area contributed by atoms with Crippen LogP contribution in [0, 0.1) is 0 Å². The molecule has 0 fully saturated rings. The molecular formula is C13H9F2N3O2S. The number of hydrogen-bond acceptors (Lipinski definition) is 5. The molecule has 0 aliphatic heterocycles. The van der Waals surface area contributed by atoms with E-state index in [1.165, 1.54) is 12.3 Å². The van der Waals surface area contributed by atoms with Crippen molar-refractivity contribution in [3.8, 4) is 11.3 Å². The number of hydrogen-bond donors (Lipinski definition) is 2. The van der Waals surface area contributed by atoms with Crippen molar-refractivity contribution in [3.63, 3.8) is 0 Å². The number of carbonyl (C=O) groups is 1. The Morgan fingerprint density at radius 1 is 1.43 bits per heavy atom. The van der Waals surface area contributed by atoms with Crippen LogP contribution in [0.1, 0.15) is 21.8 Å². The summed E-state index contributed by atoms with van der Waals surface area (Å²) < 4.78 is 31.2. The number of fused-ring (bicyclic) bond motifs is 1. The number of rotatable bonds is 3. The molecule has 0 unspecified atom stereocenters. The lowest BCUT2D eigenvalue weighted by Crippen LogP contribution is -2.10. The molecule has 108 valence electrons. The average Bonchev–Trinajstić information content (AvgIpc) is 3.06. The third-order valence-corrected chi connectivity index (χ3v) is 4.07. The first-order valence-electron chi connectivity index (χ1n) is 5.83. The fraction of sp³-hybridized carbons (Fsp3) is 0.0769. The van der Waals surface area contributed by atoms with Gasteiger partial charge in [-0.15, -0.1) is 11.3 Å². The van der Waals surface area contributed by atoms with Crippen LogP contribution in [0.2, 0.25) is 0 Å². The standard InChI is InChI=1S/C13H9F2N3O2S/c14-11(15)6-4-5(7-2-1-3-20-7)8-9(16)10(12(17)19)21-13(8)18-6/h1-4,11H,16H2,(H2,17,19). The van der Waals surface area contributed by atoms with Gasteiger partial charge in [0.25, 0.3) is 12.3 Å². The van der Waals surface area contributed by atoms with E-state index in [0.29, 0.717) is 16.7 Å². The average molecular weight is 309 g/mol. The molecule has 0 spiro atoms. The van der Waals surface area contributed by atoms with E-state index in [4.69, 9.17) is 15.9 Å². The summed E-state index contributed by atoms with van der Waals surface area (Å²) in [4.78, 5) is 15.5. The second kappa shape index (κ2) is 4.81. The normalized spacial score (nSPS) is 11.4. The Morgan fingerprint density at radius 3 is 2.76 bits per heavy atom. The zero-order valence-electron chi connectivity index (χ0n) is 10.5. The Hall–Kier alpha value is -2.48. The molecule has 3 aromatic rings. The molecule has 0 saturated heterocycles. The maximum atomic E-state index is 13.0. The molecule has 0 radical (unpaired) electrons. The number of pyridine rings is 1. The first-order chi connectivity index (χ1) is 9.99. The monoisotopic (exact) mass is 309 g/mol. The SMILES string of the molecule is NC(=O)c1sc2nc(C(F)F)cc(-c3ccco3)c2c1N. The number of carbonyl (C=O) groups excluding carboxylic acids is 1. The van der Waals surface area contributed by atoms with E-state index < -0.39 is 18.0 Å². The number of alkyl halides is 2. The molecule has 0 aliphatic carbocycles. The van der Waals surface area contributed by atoms with Crippen molar-refractivity contribution in [2.24, 2.45) is 5.73 Å². The zero-order chi connectivity index (χ0) is 15.1. The van der Waals surface area contributed by atoms with Gasteiger partial charge < -0.3 is 15.9 Å². The van der Waals surface area contributed by atoms with Crippen LogP contribution in [0.4, 0.5) is 14.5 Å². The molecule has 0 saturated carbocycles. The molecule has 1 amide bonds. The van der Waals surface area contributed by atoms with Gasteiger partial charge in [0.15, 0.2) is 0 Å². The number of halogens is 2. The van der Waals surface area contributed by atoms with Crippen molar-refractivity contribution in [1.29, 1.82) is 0 Å². The van der Waals surface area contributed by atoms with Gasteiger partial charge in [-0.05, 0) is 18.2 Å². The van der Waals surface area contributed by atoms with E-state index in [9.17, 15) is 13.6 Å². The molecule has 4 N–H and O–H groups in total. The zero-order valence-corrected chi connectivity index (χ0v) is 11.3. The molecule has 3 rings (SSSR count). The number of anilines is 1. The Morgan fingerprint density at radius 2 is 2.19 bits per heavy atom.